The van der Waals surface area contributed by atoms with E-state index in [2.05, 4.69) is 20.0 Å². The molecule has 0 aliphatic carbocycles. The highest BCUT2D eigenvalue weighted by Gasteiger charge is 2.16. The van der Waals surface area contributed by atoms with Gasteiger partial charge in [-0.15, -0.1) is 0 Å². The van der Waals surface area contributed by atoms with Crippen LogP contribution in [0, 0.1) is 5.82 Å². The van der Waals surface area contributed by atoms with Gasteiger partial charge in [-0.05, 0) is 42.0 Å². The Kier molecular flexibility index (Phi) is 6.64. The third-order valence-electron chi connectivity index (χ3n) is 4.90. The first-order chi connectivity index (χ1) is 15.2. The molecule has 0 saturated carbocycles. The average molecular weight is 418 g/mol. The summed E-state index contributed by atoms with van der Waals surface area (Å²) in [6.45, 7) is 1.83. The van der Waals surface area contributed by atoms with Crippen LogP contribution < -0.4 is 4.74 Å². The topological polar surface area (TPSA) is 64.3 Å². The summed E-state index contributed by atoms with van der Waals surface area (Å²) in [5.74, 6) is 1.43. The first-order valence-electron chi connectivity index (χ1n) is 10.0. The Morgan fingerprint density at radius 1 is 0.968 bits per heavy atom. The van der Waals surface area contributed by atoms with Crippen LogP contribution in [0.3, 0.4) is 0 Å². The molecule has 0 saturated heterocycles. The minimum absolute atomic E-state index is 0.248. The van der Waals surface area contributed by atoms with Crippen LogP contribution in [0.15, 0.2) is 77.4 Å². The van der Waals surface area contributed by atoms with E-state index in [-0.39, 0.29) is 5.82 Å². The maximum atomic E-state index is 13.3. The maximum Gasteiger partial charge on any atom is 0.241 e. The molecule has 7 heteroatoms. The van der Waals surface area contributed by atoms with Crippen molar-refractivity contribution in [2.45, 2.75) is 19.5 Å². The SMILES string of the molecule is COc1ccccc1-c1noc(CN(CCc2ccccn2)Cc2ccc(F)cc2)n1. The van der Waals surface area contributed by atoms with E-state index in [1.54, 1.807) is 25.4 Å². The van der Waals surface area contributed by atoms with Gasteiger partial charge < -0.3 is 9.26 Å². The lowest BCUT2D eigenvalue weighted by molar-refractivity contribution is 0.220. The van der Waals surface area contributed by atoms with Crippen LogP contribution in [0.5, 0.6) is 5.75 Å². The van der Waals surface area contributed by atoms with E-state index in [9.17, 15) is 4.39 Å². The molecule has 0 bridgehead atoms. The molecule has 0 N–H and O–H groups in total. The van der Waals surface area contributed by atoms with Crippen molar-refractivity contribution in [1.82, 2.24) is 20.0 Å². The lowest BCUT2D eigenvalue weighted by atomic mass is 10.2. The van der Waals surface area contributed by atoms with Gasteiger partial charge in [0.15, 0.2) is 0 Å². The zero-order valence-corrected chi connectivity index (χ0v) is 17.2. The second-order valence-corrected chi connectivity index (χ2v) is 7.12. The van der Waals surface area contributed by atoms with Crippen molar-refractivity contribution >= 4 is 0 Å². The fourth-order valence-electron chi connectivity index (χ4n) is 3.33. The van der Waals surface area contributed by atoms with Crippen molar-refractivity contribution in [3.8, 4) is 17.1 Å². The summed E-state index contributed by atoms with van der Waals surface area (Å²) in [7, 11) is 1.61. The van der Waals surface area contributed by atoms with Crippen LogP contribution in [0.2, 0.25) is 0 Å². The lowest BCUT2D eigenvalue weighted by Crippen LogP contribution is -2.25. The van der Waals surface area contributed by atoms with E-state index in [0.29, 0.717) is 30.6 Å². The third kappa shape index (κ3) is 5.52. The van der Waals surface area contributed by atoms with Crippen molar-refractivity contribution < 1.29 is 13.7 Å². The first-order valence-corrected chi connectivity index (χ1v) is 10.0. The molecule has 4 aromatic rings. The number of rotatable bonds is 9. The van der Waals surface area contributed by atoms with E-state index >= 15 is 0 Å². The van der Waals surface area contributed by atoms with Crippen LogP contribution in [-0.2, 0) is 19.5 Å². The molecule has 0 radical (unpaired) electrons. The van der Waals surface area contributed by atoms with Gasteiger partial charge in [0.2, 0.25) is 11.7 Å². The zero-order chi connectivity index (χ0) is 21.5. The van der Waals surface area contributed by atoms with Gasteiger partial charge in [-0.1, -0.05) is 35.5 Å². The van der Waals surface area contributed by atoms with E-state index in [0.717, 1.165) is 29.8 Å². The van der Waals surface area contributed by atoms with Gasteiger partial charge in [0.25, 0.3) is 0 Å². The number of ether oxygens (including phenoxy) is 1. The molecule has 0 amide bonds. The quantitative estimate of drug-likeness (QED) is 0.398. The molecule has 0 spiro atoms. The molecule has 31 heavy (non-hydrogen) atoms. The summed E-state index contributed by atoms with van der Waals surface area (Å²) in [5, 5.41) is 4.13. The molecule has 2 heterocycles. The molecule has 0 atom stereocenters. The van der Waals surface area contributed by atoms with Crippen molar-refractivity contribution in [3.63, 3.8) is 0 Å². The molecule has 0 aliphatic heterocycles. The number of hydrogen-bond donors (Lipinski definition) is 0. The van der Waals surface area contributed by atoms with Gasteiger partial charge in [0.05, 0.1) is 19.2 Å². The molecule has 0 aliphatic rings. The highest BCUT2D eigenvalue weighted by Crippen LogP contribution is 2.27. The highest BCUT2D eigenvalue weighted by molar-refractivity contribution is 5.63. The summed E-state index contributed by atoms with van der Waals surface area (Å²) in [4.78, 5) is 11.1. The fraction of sp³-hybridized carbons (Fsp3) is 0.208. The summed E-state index contributed by atoms with van der Waals surface area (Å²) >= 11 is 0. The number of pyridine rings is 1. The maximum absolute atomic E-state index is 13.3. The van der Waals surface area contributed by atoms with E-state index in [1.165, 1.54) is 12.1 Å². The van der Waals surface area contributed by atoms with Crippen LogP contribution in [0.4, 0.5) is 4.39 Å². The van der Waals surface area contributed by atoms with Crippen LogP contribution in [0.1, 0.15) is 17.1 Å². The molecule has 2 aromatic heterocycles. The minimum Gasteiger partial charge on any atom is -0.496 e. The van der Waals surface area contributed by atoms with E-state index in [1.807, 2.05) is 42.5 Å². The van der Waals surface area contributed by atoms with Crippen molar-refractivity contribution in [3.05, 3.63) is 95.9 Å². The number of para-hydroxylation sites is 1. The third-order valence-corrected chi connectivity index (χ3v) is 4.90. The summed E-state index contributed by atoms with van der Waals surface area (Å²) in [6.07, 6.45) is 2.56. The zero-order valence-electron chi connectivity index (χ0n) is 17.2. The molecule has 2 aromatic carbocycles. The van der Waals surface area contributed by atoms with Crippen molar-refractivity contribution in [1.29, 1.82) is 0 Å². The summed E-state index contributed by atoms with van der Waals surface area (Å²) in [6, 6.07) is 20.0. The Balaban J connectivity index is 1.51. The van der Waals surface area contributed by atoms with Crippen LogP contribution in [-0.4, -0.2) is 33.7 Å². The lowest BCUT2D eigenvalue weighted by Gasteiger charge is -2.20. The standard InChI is InChI=1S/C24H23FN4O2/c1-30-22-8-3-2-7-21(22)24-27-23(31-28-24)17-29(15-13-20-6-4-5-14-26-20)16-18-9-11-19(25)12-10-18/h2-12,14H,13,15-17H2,1H3. The number of methoxy groups -OCH3 is 1. The molecule has 0 unspecified atom stereocenters. The molecule has 6 nitrogen and oxygen atoms in total. The Hall–Kier alpha value is -3.58. The Labute approximate surface area is 180 Å². The molecule has 4 rings (SSSR count). The minimum atomic E-state index is -0.248. The second-order valence-electron chi connectivity index (χ2n) is 7.12. The largest absolute Gasteiger partial charge is 0.496 e. The van der Waals surface area contributed by atoms with Crippen molar-refractivity contribution in [2.75, 3.05) is 13.7 Å². The fourth-order valence-corrected chi connectivity index (χ4v) is 3.33. The molecular formula is C24H23FN4O2. The predicted octanol–water partition coefficient (Wildman–Crippen LogP) is 4.52. The second kappa shape index (κ2) is 9.95. The van der Waals surface area contributed by atoms with Gasteiger partial charge in [0.1, 0.15) is 11.6 Å². The molecule has 158 valence electrons. The Morgan fingerprint density at radius 3 is 2.55 bits per heavy atom. The van der Waals surface area contributed by atoms with Crippen molar-refractivity contribution in [2.24, 2.45) is 0 Å². The number of hydrogen-bond acceptors (Lipinski definition) is 6. The number of aromatic nitrogens is 3. The normalized spacial score (nSPS) is 11.1. The van der Waals surface area contributed by atoms with Crippen LogP contribution >= 0.6 is 0 Å². The summed E-state index contributed by atoms with van der Waals surface area (Å²) in [5.41, 5.74) is 2.79. The monoisotopic (exact) mass is 418 g/mol. The smallest absolute Gasteiger partial charge is 0.241 e. The Bertz CT molecular complexity index is 1100. The van der Waals surface area contributed by atoms with E-state index < -0.39 is 0 Å². The van der Waals surface area contributed by atoms with Gasteiger partial charge >= 0.3 is 0 Å². The van der Waals surface area contributed by atoms with Gasteiger partial charge in [-0.25, -0.2) is 4.39 Å². The molecule has 0 fully saturated rings. The number of halogens is 1. The summed E-state index contributed by atoms with van der Waals surface area (Å²) < 4.78 is 24.2. The predicted molar refractivity (Wildman–Crippen MR) is 115 cm³/mol. The van der Waals surface area contributed by atoms with E-state index in [4.69, 9.17) is 9.26 Å². The average Bonchev–Trinajstić information content (AvgIpc) is 3.28. The Morgan fingerprint density at radius 2 is 1.77 bits per heavy atom. The number of benzene rings is 2. The first kappa shape index (κ1) is 20.7. The van der Waals surface area contributed by atoms with Crippen LogP contribution in [0.25, 0.3) is 11.4 Å². The highest BCUT2D eigenvalue weighted by atomic mass is 19.1. The van der Waals surface area contributed by atoms with Gasteiger partial charge in [-0.3, -0.25) is 9.88 Å². The van der Waals surface area contributed by atoms with Gasteiger partial charge in [-0.2, -0.15) is 4.98 Å². The molecular weight excluding hydrogens is 395 g/mol. The number of nitrogens with zero attached hydrogens (tertiary/aromatic N) is 4. The van der Waals surface area contributed by atoms with Gasteiger partial charge in [0, 0.05) is 31.4 Å².